The summed E-state index contributed by atoms with van der Waals surface area (Å²) >= 11 is 0. The minimum atomic E-state index is -0.785. The Morgan fingerprint density at radius 3 is 2.65 bits per heavy atom. The fourth-order valence-corrected chi connectivity index (χ4v) is 2.59. The van der Waals surface area contributed by atoms with Gasteiger partial charge in [-0.05, 0) is 11.1 Å². The number of urea groups is 1. The molecule has 88 valence electrons. The number of hydroxylamine groups is 2. The standard InChI is InChI=1S/C11H11N3O3/c12-10(15)9-7-4-2-1-3-6(7)8-5-13(9)11(16)14(8)17/h1-4,8-9,17H,5H2,(H2,12,15). The number of rotatable bonds is 1. The van der Waals surface area contributed by atoms with Crippen LogP contribution in [0.15, 0.2) is 24.3 Å². The average molecular weight is 233 g/mol. The lowest BCUT2D eigenvalue weighted by Gasteiger charge is -2.30. The van der Waals surface area contributed by atoms with E-state index < -0.39 is 24.0 Å². The Balaban J connectivity index is 2.21. The summed E-state index contributed by atoms with van der Waals surface area (Å²) in [4.78, 5) is 24.6. The third-order valence-corrected chi connectivity index (χ3v) is 3.34. The number of benzene rings is 1. The number of amides is 3. The van der Waals surface area contributed by atoms with Crippen LogP contribution in [0.1, 0.15) is 23.2 Å². The number of fused-ring (bicyclic) bond motifs is 4. The monoisotopic (exact) mass is 233 g/mol. The van der Waals surface area contributed by atoms with Crippen molar-refractivity contribution in [2.24, 2.45) is 5.73 Å². The van der Waals surface area contributed by atoms with E-state index in [-0.39, 0.29) is 0 Å². The van der Waals surface area contributed by atoms with Crippen molar-refractivity contribution in [2.75, 3.05) is 6.54 Å². The van der Waals surface area contributed by atoms with Gasteiger partial charge in [0.2, 0.25) is 5.91 Å². The van der Waals surface area contributed by atoms with Crippen LogP contribution < -0.4 is 5.73 Å². The number of carbonyl (C=O) groups excluding carboxylic acids is 2. The lowest BCUT2D eigenvalue weighted by Crippen LogP contribution is -2.41. The van der Waals surface area contributed by atoms with Gasteiger partial charge in [-0.2, -0.15) is 5.06 Å². The summed E-state index contributed by atoms with van der Waals surface area (Å²) in [6.45, 7) is 0.292. The Morgan fingerprint density at radius 2 is 2.00 bits per heavy atom. The summed E-state index contributed by atoms with van der Waals surface area (Å²) in [5.74, 6) is -0.584. The van der Waals surface area contributed by atoms with E-state index in [1.54, 1.807) is 18.2 Å². The van der Waals surface area contributed by atoms with Crippen molar-refractivity contribution in [3.8, 4) is 0 Å². The first-order valence-electron chi connectivity index (χ1n) is 5.28. The molecule has 2 aliphatic rings. The molecule has 1 aromatic rings. The zero-order valence-electron chi connectivity index (χ0n) is 8.91. The Bertz CT molecular complexity index is 516. The molecule has 1 fully saturated rings. The van der Waals surface area contributed by atoms with E-state index in [0.717, 1.165) is 5.56 Å². The van der Waals surface area contributed by atoms with E-state index in [1.807, 2.05) is 6.07 Å². The summed E-state index contributed by atoms with van der Waals surface area (Å²) in [5, 5.41) is 10.4. The van der Waals surface area contributed by atoms with E-state index >= 15 is 0 Å². The largest absolute Gasteiger partial charge is 0.368 e. The van der Waals surface area contributed by atoms with Crippen LogP contribution in [0.2, 0.25) is 0 Å². The molecule has 0 aliphatic carbocycles. The van der Waals surface area contributed by atoms with Crippen molar-refractivity contribution >= 4 is 11.9 Å². The number of hydrogen-bond donors (Lipinski definition) is 2. The maximum absolute atomic E-state index is 11.8. The zero-order valence-corrected chi connectivity index (χ0v) is 8.91. The average Bonchev–Trinajstić information content (AvgIpc) is 2.56. The zero-order chi connectivity index (χ0) is 12.2. The molecular formula is C11H11N3O3. The maximum atomic E-state index is 11.8. The molecule has 2 unspecified atom stereocenters. The van der Waals surface area contributed by atoms with Crippen LogP contribution in [0, 0.1) is 0 Å². The van der Waals surface area contributed by atoms with Crippen LogP contribution in [0.5, 0.6) is 0 Å². The minimum Gasteiger partial charge on any atom is -0.368 e. The molecule has 0 spiro atoms. The van der Waals surface area contributed by atoms with E-state index in [0.29, 0.717) is 17.2 Å². The molecule has 2 heterocycles. The highest BCUT2D eigenvalue weighted by Gasteiger charge is 2.49. The predicted octanol–water partition coefficient (Wildman–Crippen LogP) is 0.395. The van der Waals surface area contributed by atoms with Gasteiger partial charge in [-0.1, -0.05) is 24.3 Å². The molecule has 3 rings (SSSR count). The summed E-state index contributed by atoms with van der Waals surface area (Å²) < 4.78 is 0. The van der Waals surface area contributed by atoms with Crippen LogP contribution in [-0.2, 0) is 4.79 Å². The second-order valence-electron chi connectivity index (χ2n) is 4.23. The molecule has 3 N–H and O–H groups in total. The number of hydrogen-bond acceptors (Lipinski definition) is 3. The lowest BCUT2D eigenvalue weighted by molar-refractivity contribution is -0.122. The quantitative estimate of drug-likeness (QED) is 0.688. The van der Waals surface area contributed by atoms with Crippen molar-refractivity contribution in [1.82, 2.24) is 9.96 Å². The van der Waals surface area contributed by atoms with Gasteiger partial charge in [0.15, 0.2) is 0 Å². The molecule has 0 saturated carbocycles. The molecule has 0 aromatic heterocycles. The van der Waals surface area contributed by atoms with E-state index in [1.165, 1.54) is 4.90 Å². The summed E-state index contributed by atoms with van der Waals surface area (Å²) in [5.41, 5.74) is 6.82. The molecule has 1 aromatic carbocycles. The van der Waals surface area contributed by atoms with Crippen LogP contribution in [0.3, 0.4) is 0 Å². The Kier molecular flexibility index (Phi) is 1.90. The fourth-order valence-electron chi connectivity index (χ4n) is 2.59. The lowest BCUT2D eigenvalue weighted by atomic mass is 9.91. The molecule has 0 radical (unpaired) electrons. The molecule has 6 nitrogen and oxygen atoms in total. The Morgan fingerprint density at radius 1 is 1.35 bits per heavy atom. The van der Waals surface area contributed by atoms with Crippen molar-refractivity contribution in [3.63, 3.8) is 0 Å². The minimum absolute atomic E-state index is 0.292. The van der Waals surface area contributed by atoms with Gasteiger partial charge in [-0.3, -0.25) is 10.0 Å². The molecule has 2 bridgehead atoms. The van der Waals surface area contributed by atoms with E-state index in [9.17, 15) is 14.8 Å². The molecule has 6 heteroatoms. The SMILES string of the molecule is NC(=O)C1c2ccccc2C2CN1C(=O)N2O. The van der Waals surface area contributed by atoms with Crippen molar-refractivity contribution in [1.29, 1.82) is 0 Å². The molecular weight excluding hydrogens is 222 g/mol. The highest BCUT2D eigenvalue weighted by Crippen LogP contribution is 2.42. The second kappa shape index (κ2) is 3.21. The molecule has 1 saturated heterocycles. The normalized spacial score (nSPS) is 26.1. The topological polar surface area (TPSA) is 86.9 Å². The highest BCUT2D eigenvalue weighted by atomic mass is 16.5. The van der Waals surface area contributed by atoms with Crippen molar-refractivity contribution in [3.05, 3.63) is 35.4 Å². The molecule has 2 atom stereocenters. The van der Waals surface area contributed by atoms with Gasteiger partial charge in [-0.15, -0.1) is 0 Å². The third-order valence-electron chi connectivity index (χ3n) is 3.34. The van der Waals surface area contributed by atoms with Crippen molar-refractivity contribution < 1.29 is 14.8 Å². The highest BCUT2D eigenvalue weighted by molar-refractivity contribution is 5.89. The number of carbonyl (C=O) groups is 2. The summed E-state index contributed by atoms with van der Waals surface area (Å²) in [7, 11) is 0. The number of nitrogens with two attached hydrogens (primary N) is 1. The van der Waals surface area contributed by atoms with E-state index in [2.05, 4.69) is 0 Å². The first-order chi connectivity index (χ1) is 8.11. The van der Waals surface area contributed by atoms with Crippen LogP contribution >= 0.6 is 0 Å². The van der Waals surface area contributed by atoms with Gasteiger partial charge in [0.1, 0.15) is 12.1 Å². The van der Waals surface area contributed by atoms with Crippen LogP contribution in [0.4, 0.5) is 4.79 Å². The fraction of sp³-hybridized carbons (Fsp3) is 0.273. The van der Waals surface area contributed by atoms with Gasteiger partial charge in [0.25, 0.3) is 0 Å². The molecule has 2 aliphatic heterocycles. The van der Waals surface area contributed by atoms with Gasteiger partial charge in [0.05, 0.1) is 6.54 Å². The van der Waals surface area contributed by atoms with Gasteiger partial charge in [-0.25, -0.2) is 4.79 Å². The second-order valence-corrected chi connectivity index (χ2v) is 4.23. The van der Waals surface area contributed by atoms with Crippen molar-refractivity contribution in [2.45, 2.75) is 12.1 Å². The number of nitrogens with zero attached hydrogens (tertiary/aromatic N) is 2. The first kappa shape index (κ1) is 10.1. The van der Waals surface area contributed by atoms with Crippen LogP contribution in [-0.4, -0.2) is 33.7 Å². The van der Waals surface area contributed by atoms with E-state index in [4.69, 9.17) is 5.73 Å². The molecule has 3 amide bonds. The smallest absolute Gasteiger partial charge is 0.345 e. The number of primary amides is 1. The van der Waals surface area contributed by atoms with Gasteiger partial charge in [0, 0.05) is 0 Å². The Labute approximate surface area is 97.2 Å². The summed E-state index contributed by atoms with van der Waals surface area (Å²) in [6.07, 6.45) is 0. The van der Waals surface area contributed by atoms with Gasteiger partial charge < -0.3 is 10.6 Å². The first-order valence-corrected chi connectivity index (χ1v) is 5.28. The maximum Gasteiger partial charge on any atom is 0.345 e. The Hall–Kier alpha value is -2.08. The summed E-state index contributed by atoms with van der Waals surface area (Å²) in [6, 6.07) is 5.39. The molecule has 17 heavy (non-hydrogen) atoms. The predicted molar refractivity (Wildman–Crippen MR) is 56.8 cm³/mol. The van der Waals surface area contributed by atoms with Crippen LogP contribution in [0.25, 0.3) is 0 Å². The van der Waals surface area contributed by atoms with Gasteiger partial charge >= 0.3 is 6.03 Å². The third kappa shape index (κ3) is 1.18.